The fourth-order valence-corrected chi connectivity index (χ4v) is 3.52. The van der Waals surface area contributed by atoms with E-state index in [0.717, 1.165) is 33.2 Å². The van der Waals surface area contributed by atoms with Gasteiger partial charge >= 0.3 is 5.97 Å². The van der Waals surface area contributed by atoms with Gasteiger partial charge in [0.05, 0.1) is 38.0 Å². The number of benzene rings is 2. The van der Waals surface area contributed by atoms with E-state index in [1.54, 1.807) is 32.5 Å². The van der Waals surface area contributed by atoms with Crippen LogP contribution in [0, 0.1) is 11.8 Å². The average molecular weight is 411 g/mol. The van der Waals surface area contributed by atoms with Crippen LogP contribution in [0.2, 0.25) is 0 Å². The van der Waals surface area contributed by atoms with Crippen LogP contribution in [0.5, 0.6) is 5.88 Å². The van der Waals surface area contributed by atoms with Crippen molar-refractivity contribution in [2.45, 2.75) is 13.5 Å². The van der Waals surface area contributed by atoms with Crippen LogP contribution in [-0.4, -0.2) is 35.0 Å². The van der Waals surface area contributed by atoms with Crippen molar-refractivity contribution in [2.24, 2.45) is 0 Å². The van der Waals surface area contributed by atoms with Crippen molar-refractivity contribution in [2.75, 3.05) is 14.2 Å². The lowest BCUT2D eigenvalue weighted by atomic mass is 10.0. The van der Waals surface area contributed by atoms with Crippen molar-refractivity contribution in [3.63, 3.8) is 0 Å². The van der Waals surface area contributed by atoms with Gasteiger partial charge in [-0.05, 0) is 41.8 Å². The van der Waals surface area contributed by atoms with Gasteiger partial charge in [-0.15, -0.1) is 5.92 Å². The average Bonchev–Trinajstić information content (AvgIpc) is 3.23. The minimum atomic E-state index is -0.398. The first-order chi connectivity index (χ1) is 15.1. The molecule has 0 amide bonds. The topological polar surface area (TPSA) is 66.2 Å². The number of ether oxygens (including phenoxy) is 2. The van der Waals surface area contributed by atoms with Crippen LogP contribution < -0.4 is 4.74 Å². The highest BCUT2D eigenvalue weighted by atomic mass is 16.5. The maximum Gasteiger partial charge on any atom is 0.340 e. The summed E-state index contributed by atoms with van der Waals surface area (Å²) in [5.74, 6) is 6.16. The number of nitrogens with zero attached hydrogens (tertiary/aromatic N) is 3. The van der Waals surface area contributed by atoms with E-state index in [-0.39, 0.29) is 0 Å². The fraction of sp³-hybridized carbons (Fsp3) is 0.160. The summed E-state index contributed by atoms with van der Waals surface area (Å²) < 4.78 is 12.0. The molecule has 6 nitrogen and oxygen atoms in total. The SMILES string of the molecule is CC#Cc1ccc(C(=O)OC)c2c1cnn2Cc1ccc(-c2ccnc(OC)c2)cc1. The quantitative estimate of drug-likeness (QED) is 0.362. The van der Waals surface area contributed by atoms with E-state index < -0.39 is 5.97 Å². The molecule has 0 bridgehead atoms. The predicted molar refractivity (Wildman–Crippen MR) is 119 cm³/mol. The summed E-state index contributed by atoms with van der Waals surface area (Å²) in [6, 6.07) is 15.6. The van der Waals surface area contributed by atoms with Gasteiger partial charge in [-0.2, -0.15) is 5.10 Å². The van der Waals surface area contributed by atoms with E-state index in [1.807, 2.05) is 47.1 Å². The summed E-state index contributed by atoms with van der Waals surface area (Å²) in [7, 11) is 2.98. The molecule has 0 saturated heterocycles. The maximum absolute atomic E-state index is 12.3. The number of pyridine rings is 1. The van der Waals surface area contributed by atoms with Crippen molar-refractivity contribution >= 4 is 16.9 Å². The van der Waals surface area contributed by atoms with Crippen LogP contribution in [-0.2, 0) is 11.3 Å². The number of carbonyl (C=O) groups excluding carboxylic acids is 1. The minimum absolute atomic E-state index is 0.398. The molecule has 0 aliphatic carbocycles. The highest BCUT2D eigenvalue weighted by Crippen LogP contribution is 2.26. The van der Waals surface area contributed by atoms with Gasteiger partial charge < -0.3 is 9.47 Å². The predicted octanol–water partition coefficient (Wildman–Crippen LogP) is 4.31. The number of esters is 1. The largest absolute Gasteiger partial charge is 0.481 e. The van der Waals surface area contributed by atoms with E-state index >= 15 is 0 Å². The second kappa shape index (κ2) is 8.72. The van der Waals surface area contributed by atoms with Gasteiger partial charge in [0.15, 0.2) is 0 Å². The summed E-state index contributed by atoms with van der Waals surface area (Å²) in [4.78, 5) is 16.5. The number of rotatable bonds is 5. The molecule has 4 aromatic rings. The molecule has 0 aliphatic rings. The molecule has 154 valence electrons. The third-order valence-corrected chi connectivity index (χ3v) is 5.03. The molecule has 2 heterocycles. The van der Waals surface area contributed by atoms with Gasteiger partial charge in [0.1, 0.15) is 0 Å². The van der Waals surface area contributed by atoms with Crippen LogP contribution in [0.1, 0.15) is 28.4 Å². The highest BCUT2D eigenvalue weighted by Gasteiger charge is 2.17. The Kier molecular flexibility index (Phi) is 5.67. The van der Waals surface area contributed by atoms with E-state index in [0.29, 0.717) is 18.0 Å². The van der Waals surface area contributed by atoms with Crippen LogP contribution in [0.15, 0.2) is 60.9 Å². The number of methoxy groups -OCH3 is 2. The second-order valence-corrected chi connectivity index (χ2v) is 6.88. The molecule has 0 N–H and O–H groups in total. The zero-order chi connectivity index (χ0) is 21.8. The van der Waals surface area contributed by atoms with Crippen LogP contribution in [0.4, 0.5) is 0 Å². The molecule has 4 rings (SSSR count). The molecular formula is C25H21N3O3. The Hall–Kier alpha value is -4.11. The number of carbonyl (C=O) groups is 1. The molecule has 0 saturated carbocycles. The van der Waals surface area contributed by atoms with Crippen LogP contribution >= 0.6 is 0 Å². The zero-order valence-corrected chi connectivity index (χ0v) is 17.5. The number of aromatic nitrogens is 3. The Morgan fingerprint density at radius 3 is 2.58 bits per heavy atom. The highest BCUT2D eigenvalue weighted by molar-refractivity contribution is 6.04. The summed E-state index contributed by atoms with van der Waals surface area (Å²) in [5, 5.41) is 5.36. The smallest absolute Gasteiger partial charge is 0.340 e. The molecule has 0 aliphatic heterocycles. The van der Waals surface area contributed by atoms with Gasteiger partial charge in [0.2, 0.25) is 5.88 Å². The van der Waals surface area contributed by atoms with Crippen molar-refractivity contribution < 1.29 is 14.3 Å². The molecule has 0 unspecified atom stereocenters. The normalized spacial score (nSPS) is 10.4. The lowest BCUT2D eigenvalue weighted by molar-refractivity contribution is 0.0602. The molecule has 6 heteroatoms. The Morgan fingerprint density at radius 1 is 1.06 bits per heavy atom. The molecule has 2 aromatic carbocycles. The first kappa shape index (κ1) is 20.2. The number of hydrogen-bond donors (Lipinski definition) is 0. The Morgan fingerprint density at radius 2 is 1.87 bits per heavy atom. The summed E-state index contributed by atoms with van der Waals surface area (Å²) >= 11 is 0. The van der Waals surface area contributed by atoms with Gasteiger partial charge in [0.25, 0.3) is 0 Å². The van der Waals surface area contributed by atoms with E-state index in [9.17, 15) is 4.79 Å². The molecular weight excluding hydrogens is 390 g/mol. The Balaban J connectivity index is 1.70. The van der Waals surface area contributed by atoms with Gasteiger partial charge in [-0.25, -0.2) is 9.78 Å². The summed E-state index contributed by atoms with van der Waals surface area (Å²) in [6.07, 6.45) is 3.47. The Labute approximate surface area is 180 Å². The van der Waals surface area contributed by atoms with Gasteiger partial charge in [-0.1, -0.05) is 30.2 Å². The monoisotopic (exact) mass is 411 g/mol. The lowest BCUT2D eigenvalue weighted by Gasteiger charge is -2.09. The second-order valence-electron chi connectivity index (χ2n) is 6.88. The standard InChI is InChI=1S/C25H21N3O3/c1-4-5-19-10-11-21(25(29)31-3)24-22(19)15-27-28(24)16-17-6-8-18(9-7-17)20-12-13-26-23(14-20)30-2/h6-15H,16H2,1-3H3. The molecule has 0 spiro atoms. The maximum atomic E-state index is 12.3. The van der Waals surface area contributed by atoms with Crippen LogP contribution in [0.25, 0.3) is 22.0 Å². The number of fused-ring (bicyclic) bond motifs is 1. The Bertz CT molecular complexity index is 1310. The van der Waals surface area contributed by atoms with Crippen molar-refractivity contribution in [1.82, 2.24) is 14.8 Å². The van der Waals surface area contributed by atoms with E-state index in [4.69, 9.17) is 9.47 Å². The molecule has 0 radical (unpaired) electrons. The van der Waals surface area contributed by atoms with Crippen LogP contribution in [0.3, 0.4) is 0 Å². The summed E-state index contributed by atoms with van der Waals surface area (Å²) in [5.41, 5.74) is 5.16. The van der Waals surface area contributed by atoms with E-state index in [2.05, 4.69) is 21.9 Å². The van der Waals surface area contributed by atoms with Crippen molar-refractivity contribution in [3.8, 4) is 28.8 Å². The first-order valence-corrected chi connectivity index (χ1v) is 9.73. The minimum Gasteiger partial charge on any atom is -0.481 e. The summed E-state index contributed by atoms with van der Waals surface area (Å²) in [6.45, 7) is 2.29. The molecule has 31 heavy (non-hydrogen) atoms. The first-order valence-electron chi connectivity index (χ1n) is 9.73. The number of hydrogen-bond acceptors (Lipinski definition) is 5. The van der Waals surface area contributed by atoms with Crippen molar-refractivity contribution in [3.05, 3.63) is 77.6 Å². The molecule has 0 atom stereocenters. The van der Waals surface area contributed by atoms with E-state index in [1.165, 1.54) is 7.11 Å². The zero-order valence-electron chi connectivity index (χ0n) is 17.5. The lowest BCUT2D eigenvalue weighted by Crippen LogP contribution is -2.08. The molecule has 2 aromatic heterocycles. The van der Waals surface area contributed by atoms with Gasteiger partial charge in [-0.3, -0.25) is 4.68 Å². The van der Waals surface area contributed by atoms with Crippen molar-refractivity contribution in [1.29, 1.82) is 0 Å². The third kappa shape index (κ3) is 3.99. The van der Waals surface area contributed by atoms with Gasteiger partial charge in [0, 0.05) is 23.2 Å². The molecule has 0 fully saturated rings. The third-order valence-electron chi connectivity index (χ3n) is 5.03. The fourth-order valence-electron chi connectivity index (χ4n) is 3.52.